The third-order valence-electron chi connectivity index (χ3n) is 1.87. The Labute approximate surface area is 84.8 Å². The van der Waals surface area contributed by atoms with Gasteiger partial charge in [0.25, 0.3) is 0 Å². The first kappa shape index (κ1) is 9.02. The minimum absolute atomic E-state index is 0.0352. The number of hydrogen-bond acceptors (Lipinski definition) is 3. The molecule has 0 bridgehead atoms. The lowest BCUT2D eigenvalue weighted by Gasteiger charge is -1.96. The van der Waals surface area contributed by atoms with E-state index in [4.69, 9.17) is 4.42 Å². The van der Waals surface area contributed by atoms with Crippen molar-refractivity contribution in [3.05, 3.63) is 46.3 Å². The predicted octanol–water partition coefficient (Wildman–Crippen LogP) is 1.86. The summed E-state index contributed by atoms with van der Waals surface area (Å²) in [6.07, 6.45) is 0. The number of benzene rings is 1. The van der Waals surface area contributed by atoms with Crippen molar-refractivity contribution in [2.75, 3.05) is 0 Å². The van der Waals surface area contributed by atoms with Crippen LogP contribution in [-0.4, -0.2) is 5.12 Å². The molecule has 0 aliphatic rings. The SMILES string of the molecule is O=C(S)c1cc2ccccc2oc1=O. The summed E-state index contributed by atoms with van der Waals surface area (Å²) in [4.78, 5) is 22.2. The van der Waals surface area contributed by atoms with Gasteiger partial charge in [-0.05, 0) is 12.1 Å². The normalized spacial score (nSPS) is 10.4. The molecule has 0 spiro atoms. The van der Waals surface area contributed by atoms with E-state index in [-0.39, 0.29) is 5.56 Å². The number of thiol groups is 1. The molecule has 2 aromatic rings. The Morgan fingerprint density at radius 1 is 1.29 bits per heavy atom. The van der Waals surface area contributed by atoms with E-state index in [0.29, 0.717) is 11.0 Å². The van der Waals surface area contributed by atoms with Gasteiger partial charge in [0, 0.05) is 5.39 Å². The van der Waals surface area contributed by atoms with Gasteiger partial charge in [-0.3, -0.25) is 4.79 Å². The number of fused-ring (bicyclic) bond motifs is 1. The number of carbonyl (C=O) groups is 1. The van der Waals surface area contributed by atoms with E-state index < -0.39 is 10.7 Å². The van der Waals surface area contributed by atoms with E-state index in [1.165, 1.54) is 6.07 Å². The van der Waals surface area contributed by atoms with Crippen LogP contribution in [0.2, 0.25) is 0 Å². The lowest BCUT2D eigenvalue weighted by Crippen LogP contribution is -2.09. The zero-order chi connectivity index (χ0) is 10.1. The van der Waals surface area contributed by atoms with Gasteiger partial charge in [-0.1, -0.05) is 18.2 Å². The summed E-state index contributed by atoms with van der Waals surface area (Å²) < 4.78 is 4.93. The standard InChI is InChI=1S/C10H6O3S/c11-9-7(10(12)14)5-6-3-1-2-4-8(6)13-9/h1-5H,(H,12,14). The summed E-state index contributed by atoms with van der Waals surface area (Å²) in [6.45, 7) is 0. The third kappa shape index (κ3) is 1.44. The van der Waals surface area contributed by atoms with Gasteiger partial charge in [0.1, 0.15) is 11.1 Å². The van der Waals surface area contributed by atoms with Gasteiger partial charge in [-0.15, -0.1) is 12.6 Å². The highest BCUT2D eigenvalue weighted by atomic mass is 32.1. The topological polar surface area (TPSA) is 47.3 Å². The summed E-state index contributed by atoms with van der Waals surface area (Å²) in [5, 5.41) is 0.133. The molecule has 3 nitrogen and oxygen atoms in total. The van der Waals surface area contributed by atoms with Crippen molar-refractivity contribution in [3.63, 3.8) is 0 Å². The first-order valence-electron chi connectivity index (χ1n) is 3.94. The summed E-state index contributed by atoms with van der Waals surface area (Å²) >= 11 is 3.58. The highest BCUT2D eigenvalue weighted by molar-refractivity contribution is 7.97. The largest absolute Gasteiger partial charge is 0.422 e. The molecule has 70 valence electrons. The van der Waals surface area contributed by atoms with E-state index in [0.717, 1.165) is 0 Å². The number of rotatable bonds is 1. The van der Waals surface area contributed by atoms with Gasteiger partial charge in [0.2, 0.25) is 5.12 Å². The van der Waals surface area contributed by atoms with Crippen molar-refractivity contribution < 1.29 is 9.21 Å². The first-order valence-corrected chi connectivity index (χ1v) is 4.39. The average molecular weight is 206 g/mol. The summed E-state index contributed by atoms with van der Waals surface area (Å²) in [5.74, 6) is 0. The smallest absolute Gasteiger partial charge is 0.348 e. The molecule has 14 heavy (non-hydrogen) atoms. The van der Waals surface area contributed by atoms with Gasteiger partial charge in [0.05, 0.1) is 0 Å². The van der Waals surface area contributed by atoms with Gasteiger partial charge < -0.3 is 4.42 Å². The third-order valence-corrected chi connectivity index (χ3v) is 2.11. The second-order valence-electron chi connectivity index (χ2n) is 2.79. The van der Waals surface area contributed by atoms with Crippen molar-refractivity contribution in [2.45, 2.75) is 0 Å². The van der Waals surface area contributed by atoms with Crippen LogP contribution in [0.1, 0.15) is 10.4 Å². The molecule has 0 amide bonds. The van der Waals surface area contributed by atoms with E-state index in [1.54, 1.807) is 24.3 Å². The fraction of sp³-hybridized carbons (Fsp3) is 0. The van der Waals surface area contributed by atoms with Crippen LogP contribution >= 0.6 is 12.6 Å². The molecule has 0 saturated heterocycles. The highest BCUT2D eigenvalue weighted by Crippen LogP contribution is 2.13. The first-order chi connectivity index (χ1) is 6.68. The van der Waals surface area contributed by atoms with Crippen LogP contribution in [-0.2, 0) is 0 Å². The molecular formula is C10H6O3S. The number of hydrogen-bond donors (Lipinski definition) is 1. The summed E-state index contributed by atoms with van der Waals surface area (Å²) in [6, 6.07) is 8.47. The molecule has 1 aromatic heterocycles. The van der Waals surface area contributed by atoms with Crippen LogP contribution in [0.25, 0.3) is 11.0 Å². The molecule has 0 aliphatic heterocycles. The van der Waals surface area contributed by atoms with Gasteiger partial charge >= 0.3 is 5.63 Å². The fourth-order valence-electron chi connectivity index (χ4n) is 1.21. The molecular weight excluding hydrogens is 200 g/mol. The van der Waals surface area contributed by atoms with E-state index in [1.807, 2.05) is 0 Å². The maximum atomic E-state index is 11.2. The van der Waals surface area contributed by atoms with Gasteiger partial charge in [0.15, 0.2) is 0 Å². The number of para-hydroxylation sites is 1. The predicted molar refractivity (Wildman–Crippen MR) is 55.8 cm³/mol. The van der Waals surface area contributed by atoms with E-state index >= 15 is 0 Å². The Morgan fingerprint density at radius 2 is 2.00 bits per heavy atom. The maximum Gasteiger partial charge on any atom is 0.348 e. The molecule has 0 aliphatic carbocycles. The van der Waals surface area contributed by atoms with Crippen molar-refractivity contribution in [1.82, 2.24) is 0 Å². The Balaban J connectivity index is 2.84. The summed E-state index contributed by atoms with van der Waals surface area (Å²) in [7, 11) is 0. The fourth-order valence-corrected chi connectivity index (χ4v) is 1.37. The van der Waals surface area contributed by atoms with Gasteiger partial charge in [-0.25, -0.2) is 4.79 Å². The molecule has 0 radical (unpaired) electrons. The van der Waals surface area contributed by atoms with Crippen molar-refractivity contribution in [2.24, 2.45) is 0 Å². The van der Waals surface area contributed by atoms with E-state index in [9.17, 15) is 9.59 Å². The number of carbonyl (C=O) groups excluding carboxylic acids is 1. The van der Waals surface area contributed by atoms with Crippen molar-refractivity contribution in [1.29, 1.82) is 0 Å². The lowest BCUT2D eigenvalue weighted by atomic mass is 10.2. The molecule has 0 unspecified atom stereocenters. The Morgan fingerprint density at radius 3 is 2.71 bits per heavy atom. The highest BCUT2D eigenvalue weighted by Gasteiger charge is 2.09. The van der Waals surface area contributed by atoms with Crippen LogP contribution in [0.4, 0.5) is 0 Å². The van der Waals surface area contributed by atoms with E-state index in [2.05, 4.69) is 12.6 Å². The lowest BCUT2D eigenvalue weighted by molar-refractivity contribution is 0.108. The molecule has 2 rings (SSSR count). The molecule has 0 N–H and O–H groups in total. The molecule has 0 fully saturated rings. The minimum atomic E-state index is -0.649. The molecule has 1 heterocycles. The second-order valence-corrected chi connectivity index (χ2v) is 3.20. The summed E-state index contributed by atoms with van der Waals surface area (Å²) in [5.41, 5.74) is -0.216. The zero-order valence-corrected chi connectivity index (χ0v) is 7.95. The monoisotopic (exact) mass is 206 g/mol. The molecule has 4 heteroatoms. The average Bonchev–Trinajstić information content (AvgIpc) is 2.16. The zero-order valence-electron chi connectivity index (χ0n) is 7.06. The second kappa shape index (κ2) is 3.31. The quantitative estimate of drug-likeness (QED) is 0.572. The minimum Gasteiger partial charge on any atom is -0.422 e. The van der Waals surface area contributed by atoms with Crippen LogP contribution in [0.15, 0.2) is 39.5 Å². The van der Waals surface area contributed by atoms with Gasteiger partial charge in [-0.2, -0.15) is 0 Å². The molecule has 1 aromatic carbocycles. The van der Waals surface area contributed by atoms with Crippen LogP contribution in [0, 0.1) is 0 Å². The molecule has 0 atom stereocenters. The van der Waals surface area contributed by atoms with Crippen molar-refractivity contribution >= 4 is 28.7 Å². The Bertz CT molecular complexity index is 557. The molecule has 0 saturated carbocycles. The Hall–Kier alpha value is -1.55. The Kier molecular flexibility index (Phi) is 2.13. The van der Waals surface area contributed by atoms with Crippen LogP contribution < -0.4 is 5.63 Å². The maximum absolute atomic E-state index is 11.2. The van der Waals surface area contributed by atoms with Crippen molar-refractivity contribution in [3.8, 4) is 0 Å². The van der Waals surface area contributed by atoms with Crippen LogP contribution in [0.3, 0.4) is 0 Å². The van der Waals surface area contributed by atoms with Crippen LogP contribution in [0.5, 0.6) is 0 Å².